The van der Waals surface area contributed by atoms with Crippen LogP contribution in [0, 0.1) is 6.92 Å². The molecule has 4 nitrogen and oxygen atoms in total. The number of aromatic nitrogens is 1. The van der Waals surface area contributed by atoms with Gasteiger partial charge in [0.1, 0.15) is 0 Å². The lowest BCUT2D eigenvalue weighted by Crippen LogP contribution is -2.40. The zero-order chi connectivity index (χ0) is 13.2. The van der Waals surface area contributed by atoms with Gasteiger partial charge in [-0.3, -0.25) is 4.79 Å². The van der Waals surface area contributed by atoms with Crippen LogP contribution in [0.2, 0.25) is 0 Å². The average Bonchev–Trinajstić information content (AvgIpc) is 2.78. The Hall–Kier alpha value is -1.46. The molecule has 1 aliphatic heterocycles. The number of nitrogens with zero attached hydrogens (tertiary/aromatic N) is 1. The topological polar surface area (TPSA) is 51.2 Å². The molecule has 0 spiro atoms. The van der Waals surface area contributed by atoms with Gasteiger partial charge in [0.25, 0.3) is 5.91 Å². The molecule has 5 heteroatoms. The summed E-state index contributed by atoms with van der Waals surface area (Å²) in [4.78, 5) is 16.6. The standard InChI is InChI=1S/C14H16N2O2S/c1-9-15-12-5-4-10(7-13(12)19-9)14(17)16-11-3-2-6-18-8-11/h4-5,7,11H,2-3,6,8H2,1H3,(H,16,17)/t11-/m1/s1. The number of thiazole rings is 1. The lowest BCUT2D eigenvalue weighted by atomic mass is 10.1. The Bertz CT molecular complexity index is 603. The Kier molecular flexibility index (Phi) is 3.48. The maximum Gasteiger partial charge on any atom is 0.251 e. The van der Waals surface area contributed by atoms with Crippen molar-refractivity contribution >= 4 is 27.5 Å². The molecule has 3 rings (SSSR count). The van der Waals surface area contributed by atoms with E-state index in [1.54, 1.807) is 11.3 Å². The lowest BCUT2D eigenvalue weighted by Gasteiger charge is -2.23. The molecule has 2 heterocycles. The summed E-state index contributed by atoms with van der Waals surface area (Å²) in [5, 5.41) is 4.05. The van der Waals surface area contributed by atoms with E-state index in [0.717, 1.165) is 34.7 Å². The maximum atomic E-state index is 12.2. The van der Waals surface area contributed by atoms with Crippen LogP contribution in [0.15, 0.2) is 18.2 Å². The van der Waals surface area contributed by atoms with Crippen molar-refractivity contribution in [2.75, 3.05) is 13.2 Å². The van der Waals surface area contributed by atoms with Gasteiger partial charge in [0, 0.05) is 12.2 Å². The fraction of sp³-hybridized carbons (Fsp3) is 0.429. The number of carbonyl (C=O) groups excluding carboxylic acids is 1. The first-order valence-electron chi connectivity index (χ1n) is 6.48. The molecule has 1 amide bonds. The lowest BCUT2D eigenvalue weighted by molar-refractivity contribution is 0.0624. The minimum Gasteiger partial charge on any atom is -0.379 e. The number of benzene rings is 1. The number of fused-ring (bicyclic) bond motifs is 1. The van der Waals surface area contributed by atoms with Crippen molar-refractivity contribution in [1.29, 1.82) is 0 Å². The second-order valence-electron chi connectivity index (χ2n) is 4.80. The zero-order valence-corrected chi connectivity index (χ0v) is 11.6. The monoisotopic (exact) mass is 276 g/mol. The molecule has 2 aromatic rings. The molecule has 1 atom stereocenters. The normalized spacial score (nSPS) is 19.5. The molecule has 1 fully saturated rings. The van der Waals surface area contributed by atoms with Gasteiger partial charge in [-0.2, -0.15) is 0 Å². The molecule has 1 aliphatic rings. The summed E-state index contributed by atoms with van der Waals surface area (Å²) in [5.41, 5.74) is 1.65. The van der Waals surface area contributed by atoms with Crippen molar-refractivity contribution in [2.45, 2.75) is 25.8 Å². The summed E-state index contributed by atoms with van der Waals surface area (Å²) in [5.74, 6) is -0.0246. The van der Waals surface area contributed by atoms with Crippen molar-refractivity contribution < 1.29 is 9.53 Å². The quantitative estimate of drug-likeness (QED) is 0.917. The molecule has 0 aliphatic carbocycles. The number of hydrogen-bond acceptors (Lipinski definition) is 4. The second kappa shape index (κ2) is 5.27. The first-order chi connectivity index (χ1) is 9.22. The van der Waals surface area contributed by atoms with Crippen LogP contribution in [-0.2, 0) is 4.74 Å². The number of carbonyl (C=O) groups is 1. The summed E-state index contributed by atoms with van der Waals surface area (Å²) >= 11 is 1.61. The molecule has 1 aromatic carbocycles. The summed E-state index contributed by atoms with van der Waals surface area (Å²) in [6.45, 7) is 3.40. The van der Waals surface area contributed by atoms with Gasteiger partial charge in [0.05, 0.1) is 27.9 Å². The second-order valence-corrected chi connectivity index (χ2v) is 6.04. The third kappa shape index (κ3) is 2.77. The van der Waals surface area contributed by atoms with Crippen LogP contribution in [0.5, 0.6) is 0 Å². The molecule has 0 radical (unpaired) electrons. The Morgan fingerprint density at radius 2 is 2.42 bits per heavy atom. The van der Waals surface area contributed by atoms with Crippen LogP contribution in [0.25, 0.3) is 10.2 Å². The molecule has 1 aromatic heterocycles. The highest BCUT2D eigenvalue weighted by molar-refractivity contribution is 7.18. The first-order valence-corrected chi connectivity index (χ1v) is 7.30. The molecule has 0 unspecified atom stereocenters. The van der Waals surface area contributed by atoms with E-state index in [-0.39, 0.29) is 11.9 Å². The highest BCUT2D eigenvalue weighted by Gasteiger charge is 2.17. The molecule has 19 heavy (non-hydrogen) atoms. The third-order valence-corrected chi connectivity index (χ3v) is 4.19. The van der Waals surface area contributed by atoms with Crippen LogP contribution in [0.3, 0.4) is 0 Å². The van der Waals surface area contributed by atoms with Gasteiger partial charge in [-0.25, -0.2) is 4.98 Å². The number of hydrogen-bond donors (Lipinski definition) is 1. The smallest absolute Gasteiger partial charge is 0.251 e. The van der Waals surface area contributed by atoms with Crippen LogP contribution in [-0.4, -0.2) is 30.1 Å². The maximum absolute atomic E-state index is 12.2. The summed E-state index contributed by atoms with van der Waals surface area (Å²) in [6, 6.07) is 5.80. The highest BCUT2D eigenvalue weighted by Crippen LogP contribution is 2.22. The third-order valence-electron chi connectivity index (χ3n) is 3.25. The summed E-state index contributed by atoms with van der Waals surface area (Å²) in [6.07, 6.45) is 2.01. The van der Waals surface area contributed by atoms with Gasteiger partial charge in [0.15, 0.2) is 0 Å². The van der Waals surface area contributed by atoms with Gasteiger partial charge >= 0.3 is 0 Å². The van der Waals surface area contributed by atoms with E-state index in [2.05, 4.69) is 10.3 Å². The molecular weight excluding hydrogens is 260 g/mol. The van der Waals surface area contributed by atoms with Crippen LogP contribution in [0.4, 0.5) is 0 Å². The molecule has 1 saturated heterocycles. The summed E-state index contributed by atoms with van der Waals surface area (Å²) in [7, 11) is 0. The van der Waals surface area contributed by atoms with E-state index in [1.807, 2.05) is 25.1 Å². The SMILES string of the molecule is Cc1nc2ccc(C(=O)N[C@@H]3CCCOC3)cc2s1. The molecule has 100 valence electrons. The van der Waals surface area contributed by atoms with Crippen LogP contribution in [0.1, 0.15) is 28.2 Å². The van der Waals surface area contributed by atoms with Crippen molar-refractivity contribution in [3.05, 3.63) is 28.8 Å². The van der Waals surface area contributed by atoms with Crippen molar-refractivity contribution in [2.24, 2.45) is 0 Å². The van der Waals surface area contributed by atoms with Crippen LogP contribution >= 0.6 is 11.3 Å². The van der Waals surface area contributed by atoms with Crippen LogP contribution < -0.4 is 5.32 Å². The van der Waals surface area contributed by atoms with Gasteiger partial charge in [-0.05, 0) is 38.0 Å². The first kappa shape index (κ1) is 12.6. The molecule has 1 N–H and O–H groups in total. The zero-order valence-electron chi connectivity index (χ0n) is 10.8. The van der Waals surface area contributed by atoms with E-state index >= 15 is 0 Å². The van der Waals surface area contributed by atoms with Crippen molar-refractivity contribution in [3.8, 4) is 0 Å². The minimum atomic E-state index is -0.0246. The van der Waals surface area contributed by atoms with Gasteiger partial charge in [-0.15, -0.1) is 11.3 Å². The van der Waals surface area contributed by atoms with Gasteiger partial charge in [0.2, 0.25) is 0 Å². The van der Waals surface area contributed by atoms with E-state index in [9.17, 15) is 4.79 Å². The Labute approximate surface area is 115 Å². The van der Waals surface area contributed by atoms with E-state index in [4.69, 9.17) is 4.74 Å². The Balaban J connectivity index is 1.76. The van der Waals surface area contributed by atoms with Crippen molar-refractivity contribution in [1.82, 2.24) is 10.3 Å². The number of nitrogens with one attached hydrogen (secondary N) is 1. The van der Waals surface area contributed by atoms with Gasteiger partial charge < -0.3 is 10.1 Å². The van der Waals surface area contributed by atoms with E-state index < -0.39 is 0 Å². The number of ether oxygens (including phenoxy) is 1. The molecular formula is C14H16N2O2S. The fourth-order valence-electron chi connectivity index (χ4n) is 2.30. The number of aryl methyl sites for hydroxylation is 1. The summed E-state index contributed by atoms with van der Waals surface area (Å²) < 4.78 is 6.43. The predicted molar refractivity (Wildman–Crippen MR) is 75.7 cm³/mol. The van der Waals surface area contributed by atoms with Gasteiger partial charge in [-0.1, -0.05) is 0 Å². The van der Waals surface area contributed by atoms with E-state index in [1.165, 1.54) is 0 Å². The Morgan fingerprint density at radius 3 is 3.21 bits per heavy atom. The van der Waals surface area contributed by atoms with Crippen molar-refractivity contribution in [3.63, 3.8) is 0 Å². The van der Waals surface area contributed by atoms with E-state index in [0.29, 0.717) is 12.2 Å². The fourth-order valence-corrected chi connectivity index (χ4v) is 3.17. The number of amides is 1. The average molecular weight is 276 g/mol. The minimum absolute atomic E-state index is 0.0246. The molecule has 0 saturated carbocycles. The predicted octanol–water partition coefficient (Wildman–Crippen LogP) is 2.51. The molecule has 0 bridgehead atoms. The largest absolute Gasteiger partial charge is 0.379 e. The highest BCUT2D eigenvalue weighted by atomic mass is 32.1. The Morgan fingerprint density at radius 1 is 1.53 bits per heavy atom. The number of rotatable bonds is 2.